The molecule has 1 nitrogen and oxygen atoms in total. The van der Waals surface area contributed by atoms with E-state index in [0.717, 1.165) is 29.5 Å². The molecule has 0 aliphatic heterocycles. The summed E-state index contributed by atoms with van der Waals surface area (Å²) in [7, 11) is 0. The van der Waals surface area contributed by atoms with Gasteiger partial charge in [0, 0.05) is 17.1 Å². The highest BCUT2D eigenvalue weighted by atomic mass is 79.9. The number of rotatable bonds is 3. The van der Waals surface area contributed by atoms with Gasteiger partial charge in [0.2, 0.25) is 0 Å². The normalized spacial score (nSPS) is 21.0. The molecule has 3 rings (SSSR count). The molecule has 0 saturated heterocycles. The maximum Gasteiger partial charge on any atom is 0.149 e. The van der Waals surface area contributed by atoms with Gasteiger partial charge in [0.15, 0.2) is 0 Å². The molecule has 1 N–H and O–H groups in total. The Balaban J connectivity index is 1.65. The smallest absolute Gasteiger partial charge is 0.149 e. The van der Waals surface area contributed by atoms with E-state index in [0.29, 0.717) is 11.6 Å². The minimum Gasteiger partial charge on any atom is -0.380 e. The number of hydrogen-bond donors (Lipinski definition) is 1. The average molecular weight is 373 g/mol. The van der Waals surface area contributed by atoms with Gasteiger partial charge in [-0.15, -0.1) is 0 Å². The third-order valence-corrected chi connectivity index (χ3v) is 4.80. The largest absolute Gasteiger partial charge is 0.380 e. The summed E-state index contributed by atoms with van der Waals surface area (Å²) in [5, 5.41) is 3.89. The van der Waals surface area contributed by atoms with E-state index >= 15 is 0 Å². The molecule has 21 heavy (non-hydrogen) atoms. The van der Waals surface area contributed by atoms with Gasteiger partial charge in [-0.25, -0.2) is 8.78 Å². The Morgan fingerprint density at radius 3 is 2.52 bits per heavy atom. The summed E-state index contributed by atoms with van der Waals surface area (Å²) >= 11 is 9.24. The zero-order chi connectivity index (χ0) is 15.0. The van der Waals surface area contributed by atoms with E-state index in [1.54, 1.807) is 0 Å². The summed E-state index contributed by atoms with van der Waals surface area (Å²) in [5.41, 5.74) is 1.46. The Morgan fingerprint density at radius 1 is 1.10 bits per heavy atom. The van der Waals surface area contributed by atoms with Crippen LogP contribution < -0.4 is 5.32 Å². The third kappa shape index (κ3) is 3.06. The van der Waals surface area contributed by atoms with Crippen LogP contribution in [0.2, 0.25) is 5.02 Å². The Kier molecular flexibility index (Phi) is 4.18. The molecule has 5 heteroatoms. The van der Waals surface area contributed by atoms with E-state index in [-0.39, 0.29) is 10.5 Å². The molecule has 2 aromatic rings. The monoisotopic (exact) mass is 371 g/mol. The van der Waals surface area contributed by atoms with Gasteiger partial charge in [0.25, 0.3) is 0 Å². The summed E-state index contributed by atoms with van der Waals surface area (Å²) in [6.07, 6.45) is 1.77. The van der Waals surface area contributed by atoms with Gasteiger partial charge in [-0.05, 0) is 52.4 Å². The molecule has 1 aliphatic carbocycles. The number of anilines is 1. The van der Waals surface area contributed by atoms with E-state index in [1.165, 1.54) is 6.07 Å². The van der Waals surface area contributed by atoms with Gasteiger partial charge in [-0.2, -0.15) is 0 Å². The van der Waals surface area contributed by atoms with Gasteiger partial charge in [-0.3, -0.25) is 0 Å². The molecule has 0 atom stereocenters. The summed E-state index contributed by atoms with van der Waals surface area (Å²) in [5.74, 6) is -0.777. The maximum atomic E-state index is 13.7. The van der Waals surface area contributed by atoms with Crippen LogP contribution in [0.25, 0.3) is 0 Å². The van der Waals surface area contributed by atoms with Gasteiger partial charge >= 0.3 is 0 Å². The number of hydrogen-bond acceptors (Lipinski definition) is 1. The highest BCUT2D eigenvalue weighted by Gasteiger charge is 2.31. The van der Waals surface area contributed by atoms with Crippen LogP contribution in [0.15, 0.2) is 40.9 Å². The molecule has 0 amide bonds. The second-order valence-electron chi connectivity index (χ2n) is 5.28. The molecule has 0 radical (unpaired) electrons. The van der Waals surface area contributed by atoms with Crippen molar-refractivity contribution in [1.82, 2.24) is 0 Å². The second-order valence-corrected chi connectivity index (χ2v) is 6.54. The zero-order valence-electron chi connectivity index (χ0n) is 11.0. The first-order valence-corrected chi connectivity index (χ1v) is 7.87. The number of nitrogens with one attached hydrogen (secondary N) is 1. The summed E-state index contributed by atoms with van der Waals surface area (Å²) < 4.78 is 27.1. The Morgan fingerprint density at radius 2 is 1.81 bits per heavy atom. The molecular formula is C16H13BrClF2N. The van der Waals surface area contributed by atoms with Crippen molar-refractivity contribution < 1.29 is 8.78 Å². The van der Waals surface area contributed by atoms with Gasteiger partial charge in [-0.1, -0.05) is 29.8 Å². The van der Waals surface area contributed by atoms with Crippen molar-refractivity contribution in [2.24, 2.45) is 0 Å². The van der Waals surface area contributed by atoms with Gasteiger partial charge in [0.05, 0.1) is 10.2 Å². The summed E-state index contributed by atoms with van der Waals surface area (Å²) in [4.78, 5) is 0. The molecule has 1 aliphatic rings. The predicted octanol–water partition coefficient (Wildman–Crippen LogP) is 5.74. The van der Waals surface area contributed by atoms with Crippen molar-refractivity contribution >= 4 is 33.2 Å². The predicted molar refractivity (Wildman–Crippen MR) is 84.9 cm³/mol. The highest BCUT2D eigenvalue weighted by Crippen LogP contribution is 2.41. The Labute approximate surface area is 135 Å². The fourth-order valence-electron chi connectivity index (χ4n) is 2.65. The van der Waals surface area contributed by atoms with Crippen LogP contribution >= 0.6 is 27.5 Å². The Bertz CT molecular complexity index is 671. The van der Waals surface area contributed by atoms with Crippen LogP contribution in [0.1, 0.15) is 24.3 Å². The molecule has 0 aromatic heterocycles. The van der Waals surface area contributed by atoms with Gasteiger partial charge < -0.3 is 5.32 Å². The lowest BCUT2D eigenvalue weighted by atomic mass is 9.76. The van der Waals surface area contributed by atoms with E-state index in [1.807, 2.05) is 24.3 Å². The average Bonchev–Trinajstić information content (AvgIpc) is 2.40. The molecule has 2 aromatic carbocycles. The molecule has 0 heterocycles. The first-order valence-electron chi connectivity index (χ1n) is 6.70. The molecule has 0 bridgehead atoms. The van der Waals surface area contributed by atoms with Crippen LogP contribution in [0, 0.1) is 11.6 Å². The van der Waals surface area contributed by atoms with Crippen LogP contribution in [0.4, 0.5) is 14.5 Å². The maximum absolute atomic E-state index is 13.7. The van der Waals surface area contributed by atoms with E-state index in [9.17, 15) is 8.78 Å². The fraction of sp³-hybridized carbons (Fsp3) is 0.250. The standard InChI is InChI=1S/C16H13BrClF2N/c17-12-7-16(15(20)8-14(12)19)21-10-5-9(6-10)11-3-1-2-4-13(11)18/h1-4,7-10,21H,5-6H2. The molecule has 0 spiro atoms. The first kappa shape index (κ1) is 14.8. The van der Waals surface area contributed by atoms with Gasteiger partial charge in [0.1, 0.15) is 11.6 Å². The summed E-state index contributed by atoms with van der Waals surface area (Å²) in [6.45, 7) is 0. The zero-order valence-corrected chi connectivity index (χ0v) is 13.4. The SMILES string of the molecule is Fc1cc(F)c(NC2CC(c3ccccc3Cl)C2)cc1Br. The van der Waals surface area contributed by atoms with Crippen molar-refractivity contribution in [1.29, 1.82) is 0 Å². The Hall–Kier alpha value is -1.13. The molecule has 1 saturated carbocycles. The van der Waals surface area contributed by atoms with E-state index in [2.05, 4.69) is 21.2 Å². The fourth-order valence-corrected chi connectivity index (χ4v) is 3.28. The lowest BCUT2D eigenvalue weighted by Gasteiger charge is -2.37. The van der Waals surface area contributed by atoms with Crippen LogP contribution in [0.5, 0.6) is 0 Å². The topological polar surface area (TPSA) is 12.0 Å². The third-order valence-electron chi connectivity index (χ3n) is 3.85. The van der Waals surface area contributed by atoms with Crippen LogP contribution in [-0.4, -0.2) is 6.04 Å². The van der Waals surface area contributed by atoms with E-state index < -0.39 is 11.6 Å². The molecular weight excluding hydrogens is 360 g/mol. The van der Waals surface area contributed by atoms with Crippen molar-refractivity contribution in [3.05, 3.63) is 63.1 Å². The van der Waals surface area contributed by atoms with Crippen molar-refractivity contribution in [3.63, 3.8) is 0 Å². The number of halogens is 4. The summed E-state index contributed by atoms with van der Waals surface area (Å²) in [6, 6.07) is 10.3. The number of benzene rings is 2. The van der Waals surface area contributed by atoms with Crippen LogP contribution in [0.3, 0.4) is 0 Å². The quantitative estimate of drug-likeness (QED) is 0.678. The molecule has 1 fully saturated rings. The lowest BCUT2D eigenvalue weighted by molar-refractivity contribution is 0.373. The lowest BCUT2D eigenvalue weighted by Crippen LogP contribution is -2.34. The first-order chi connectivity index (χ1) is 10.0. The van der Waals surface area contributed by atoms with Crippen molar-refractivity contribution in [2.75, 3.05) is 5.32 Å². The van der Waals surface area contributed by atoms with Crippen molar-refractivity contribution in [3.8, 4) is 0 Å². The molecule has 110 valence electrons. The molecule has 0 unspecified atom stereocenters. The van der Waals surface area contributed by atoms with E-state index in [4.69, 9.17) is 11.6 Å². The van der Waals surface area contributed by atoms with Crippen molar-refractivity contribution in [2.45, 2.75) is 24.8 Å². The minimum absolute atomic E-state index is 0.179. The minimum atomic E-state index is -0.597. The van der Waals surface area contributed by atoms with Crippen LogP contribution in [-0.2, 0) is 0 Å². The second kappa shape index (κ2) is 5.93. The highest BCUT2D eigenvalue weighted by molar-refractivity contribution is 9.10.